The highest BCUT2D eigenvalue weighted by Crippen LogP contribution is 2.40. The molecule has 0 aromatic heterocycles. The average Bonchev–Trinajstić information content (AvgIpc) is 2.91. The van der Waals surface area contributed by atoms with Gasteiger partial charge in [-0.1, -0.05) is 74.5 Å². The summed E-state index contributed by atoms with van der Waals surface area (Å²) in [5, 5.41) is 5.44. The van der Waals surface area contributed by atoms with Gasteiger partial charge in [0.15, 0.2) is 0 Å². The van der Waals surface area contributed by atoms with E-state index in [0.717, 1.165) is 0 Å². The summed E-state index contributed by atoms with van der Waals surface area (Å²) in [6.45, 7) is 4.60. The van der Waals surface area contributed by atoms with Crippen LogP contribution < -0.4 is 0 Å². The van der Waals surface area contributed by atoms with E-state index in [1.54, 1.807) is 0 Å². The molecule has 0 nitrogen and oxygen atoms in total. The molecule has 4 rings (SSSR count). The zero-order chi connectivity index (χ0) is 13.7. The van der Waals surface area contributed by atoms with Crippen LogP contribution in [-0.2, 0) is 0 Å². The van der Waals surface area contributed by atoms with Gasteiger partial charge < -0.3 is 0 Å². The molecule has 0 bridgehead atoms. The van der Waals surface area contributed by atoms with Crippen molar-refractivity contribution in [2.24, 2.45) is 5.92 Å². The Hall–Kier alpha value is -2.08. The number of fused-ring (bicyclic) bond motifs is 5. The topological polar surface area (TPSA) is 0 Å². The SMILES string of the molecule is CC(C)C1C=Cc2c1ccc1c2ccc2ccccc21. The van der Waals surface area contributed by atoms with Gasteiger partial charge in [0.2, 0.25) is 0 Å². The van der Waals surface area contributed by atoms with E-state index in [2.05, 4.69) is 74.5 Å². The standard InChI is InChI=1S/C20H18/c1-13(2)15-9-10-20-17(15)11-12-18-16-6-4-3-5-14(16)7-8-19(18)20/h3-13,15H,1-2H3. The molecule has 1 aliphatic rings. The second kappa shape index (κ2) is 4.21. The van der Waals surface area contributed by atoms with Crippen molar-refractivity contribution in [2.45, 2.75) is 19.8 Å². The molecule has 20 heavy (non-hydrogen) atoms. The van der Waals surface area contributed by atoms with E-state index >= 15 is 0 Å². The van der Waals surface area contributed by atoms with E-state index in [4.69, 9.17) is 0 Å². The monoisotopic (exact) mass is 258 g/mol. The Bertz CT molecular complexity index is 837. The maximum Gasteiger partial charge on any atom is 0.00504 e. The van der Waals surface area contributed by atoms with Crippen molar-refractivity contribution >= 4 is 27.6 Å². The Morgan fingerprint density at radius 2 is 1.60 bits per heavy atom. The average molecular weight is 258 g/mol. The van der Waals surface area contributed by atoms with E-state index in [1.807, 2.05) is 0 Å². The Morgan fingerprint density at radius 1 is 0.800 bits per heavy atom. The zero-order valence-corrected chi connectivity index (χ0v) is 11.9. The third-order valence-corrected chi connectivity index (χ3v) is 4.55. The van der Waals surface area contributed by atoms with Gasteiger partial charge in [-0.05, 0) is 38.6 Å². The van der Waals surface area contributed by atoms with Crippen LogP contribution in [0, 0.1) is 5.92 Å². The van der Waals surface area contributed by atoms with Crippen molar-refractivity contribution in [3.63, 3.8) is 0 Å². The second-order valence-corrected chi connectivity index (χ2v) is 6.08. The molecule has 0 heteroatoms. The van der Waals surface area contributed by atoms with Crippen LogP contribution in [0.15, 0.2) is 54.6 Å². The molecular weight excluding hydrogens is 240 g/mol. The fourth-order valence-corrected chi connectivity index (χ4v) is 3.49. The molecule has 0 aliphatic heterocycles. The molecule has 0 fully saturated rings. The number of allylic oxidation sites excluding steroid dienone is 1. The van der Waals surface area contributed by atoms with Crippen LogP contribution in [0.3, 0.4) is 0 Å². The molecule has 3 aromatic carbocycles. The summed E-state index contributed by atoms with van der Waals surface area (Å²) in [6, 6.07) is 17.8. The van der Waals surface area contributed by atoms with Crippen LogP contribution in [0.2, 0.25) is 0 Å². The molecular formula is C20H18. The molecule has 0 saturated carbocycles. The van der Waals surface area contributed by atoms with Gasteiger partial charge in [-0.15, -0.1) is 0 Å². The van der Waals surface area contributed by atoms with Crippen molar-refractivity contribution in [3.05, 3.63) is 65.7 Å². The zero-order valence-electron chi connectivity index (χ0n) is 11.9. The molecule has 0 heterocycles. The molecule has 3 aromatic rings. The van der Waals surface area contributed by atoms with Crippen LogP contribution in [0.25, 0.3) is 27.6 Å². The Morgan fingerprint density at radius 3 is 2.45 bits per heavy atom. The van der Waals surface area contributed by atoms with Crippen LogP contribution in [0.4, 0.5) is 0 Å². The maximum atomic E-state index is 2.37. The summed E-state index contributed by atoms with van der Waals surface area (Å²) in [5.74, 6) is 1.23. The Labute approximate surface area is 119 Å². The van der Waals surface area contributed by atoms with Gasteiger partial charge >= 0.3 is 0 Å². The second-order valence-electron chi connectivity index (χ2n) is 6.08. The van der Waals surface area contributed by atoms with Crippen LogP contribution in [-0.4, -0.2) is 0 Å². The molecule has 0 saturated heterocycles. The van der Waals surface area contributed by atoms with Gasteiger partial charge in [0, 0.05) is 5.92 Å². The lowest BCUT2D eigenvalue weighted by Crippen LogP contribution is -2.01. The predicted octanol–water partition coefficient (Wildman–Crippen LogP) is 5.76. The highest BCUT2D eigenvalue weighted by atomic mass is 14.3. The van der Waals surface area contributed by atoms with Gasteiger partial charge in [0.1, 0.15) is 0 Å². The van der Waals surface area contributed by atoms with Gasteiger partial charge in [-0.3, -0.25) is 0 Å². The van der Waals surface area contributed by atoms with E-state index < -0.39 is 0 Å². The van der Waals surface area contributed by atoms with E-state index in [9.17, 15) is 0 Å². The first kappa shape index (κ1) is 11.7. The molecule has 1 atom stereocenters. The molecule has 0 amide bonds. The minimum Gasteiger partial charge on any atom is -0.0761 e. The Kier molecular flexibility index (Phi) is 2.47. The first-order valence-corrected chi connectivity index (χ1v) is 7.38. The van der Waals surface area contributed by atoms with Crippen molar-refractivity contribution in [1.82, 2.24) is 0 Å². The molecule has 1 aliphatic carbocycles. The lowest BCUT2D eigenvalue weighted by Gasteiger charge is -2.16. The largest absolute Gasteiger partial charge is 0.0761 e. The van der Waals surface area contributed by atoms with Gasteiger partial charge in [0.05, 0.1) is 0 Å². The first-order valence-electron chi connectivity index (χ1n) is 7.38. The summed E-state index contributed by atoms with van der Waals surface area (Å²) in [7, 11) is 0. The maximum absolute atomic E-state index is 2.37. The van der Waals surface area contributed by atoms with E-state index in [-0.39, 0.29) is 0 Å². The Balaban J connectivity index is 2.07. The molecule has 0 N–H and O–H groups in total. The van der Waals surface area contributed by atoms with Crippen LogP contribution in [0.1, 0.15) is 30.9 Å². The first-order chi connectivity index (χ1) is 9.75. The van der Waals surface area contributed by atoms with E-state index in [0.29, 0.717) is 11.8 Å². The highest BCUT2D eigenvalue weighted by Gasteiger charge is 2.21. The molecule has 0 radical (unpaired) electrons. The lowest BCUT2D eigenvalue weighted by atomic mass is 9.88. The third kappa shape index (κ3) is 1.54. The summed E-state index contributed by atoms with van der Waals surface area (Å²) < 4.78 is 0. The predicted molar refractivity (Wildman–Crippen MR) is 88.1 cm³/mol. The minimum absolute atomic E-state index is 0.570. The van der Waals surface area contributed by atoms with Crippen molar-refractivity contribution < 1.29 is 0 Å². The van der Waals surface area contributed by atoms with Gasteiger partial charge in [-0.25, -0.2) is 0 Å². The lowest BCUT2D eigenvalue weighted by molar-refractivity contribution is 0.585. The summed E-state index contributed by atoms with van der Waals surface area (Å²) in [6.07, 6.45) is 4.68. The minimum atomic E-state index is 0.570. The molecule has 98 valence electrons. The van der Waals surface area contributed by atoms with Gasteiger partial charge in [0.25, 0.3) is 0 Å². The fourth-order valence-electron chi connectivity index (χ4n) is 3.49. The summed E-state index contributed by atoms with van der Waals surface area (Å²) in [4.78, 5) is 0. The number of rotatable bonds is 1. The quantitative estimate of drug-likeness (QED) is 0.487. The van der Waals surface area contributed by atoms with Crippen LogP contribution >= 0.6 is 0 Å². The smallest absolute Gasteiger partial charge is 0.00504 e. The van der Waals surface area contributed by atoms with Crippen molar-refractivity contribution in [2.75, 3.05) is 0 Å². The molecule has 0 spiro atoms. The van der Waals surface area contributed by atoms with E-state index in [1.165, 1.54) is 32.7 Å². The van der Waals surface area contributed by atoms with Crippen molar-refractivity contribution in [1.29, 1.82) is 0 Å². The number of hydrogen-bond donors (Lipinski definition) is 0. The molecule has 1 unspecified atom stereocenters. The van der Waals surface area contributed by atoms with Crippen molar-refractivity contribution in [3.8, 4) is 0 Å². The normalized spacial score (nSPS) is 17.2. The van der Waals surface area contributed by atoms with Crippen LogP contribution in [0.5, 0.6) is 0 Å². The third-order valence-electron chi connectivity index (χ3n) is 4.55. The number of hydrogen-bond acceptors (Lipinski definition) is 0. The summed E-state index contributed by atoms with van der Waals surface area (Å²) >= 11 is 0. The highest BCUT2D eigenvalue weighted by molar-refractivity contribution is 6.10. The fraction of sp³-hybridized carbons (Fsp3) is 0.200. The number of benzene rings is 3. The summed E-state index contributed by atoms with van der Waals surface area (Å²) in [5.41, 5.74) is 2.91. The van der Waals surface area contributed by atoms with Gasteiger partial charge in [-0.2, -0.15) is 0 Å².